The highest BCUT2D eigenvalue weighted by Crippen LogP contribution is 1.91. The molecule has 0 aliphatic carbocycles. The van der Waals surface area contributed by atoms with Crippen molar-refractivity contribution in [2.45, 2.75) is 33.1 Å². The fourth-order valence-electron chi connectivity index (χ4n) is 0.744. The summed E-state index contributed by atoms with van der Waals surface area (Å²) >= 11 is 0. The number of hydrogen-bond donors (Lipinski definition) is 0. The van der Waals surface area contributed by atoms with Crippen molar-refractivity contribution in [1.29, 1.82) is 0 Å². The van der Waals surface area contributed by atoms with Crippen molar-refractivity contribution in [3.05, 3.63) is 24.3 Å². The third-order valence-corrected chi connectivity index (χ3v) is 1.50. The Morgan fingerprint density at radius 1 is 1.38 bits per heavy atom. The van der Waals surface area contributed by atoms with Crippen molar-refractivity contribution in [3.8, 4) is 0 Å². The van der Waals surface area contributed by atoms with Crippen LogP contribution in [0.15, 0.2) is 24.3 Å². The summed E-state index contributed by atoms with van der Waals surface area (Å²) in [5.41, 5.74) is 0. The predicted octanol–water partition coefficient (Wildman–Crippen LogP) is 2.85. The van der Waals surface area contributed by atoms with E-state index in [1.807, 2.05) is 19.1 Å². The SMILES string of the molecule is CC=CCC=CC(=O)OCCCC. The standard InChI is InChI=1S/C11H18O2/c1-3-5-7-8-9-11(12)13-10-6-4-2/h3,5,8-9H,4,6-7,10H2,1-2H3. The Morgan fingerprint density at radius 3 is 2.77 bits per heavy atom. The van der Waals surface area contributed by atoms with Gasteiger partial charge in [0.1, 0.15) is 0 Å². The van der Waals surface area contributed by atoms with Crippen molar-refractivity contribution in [2.24, 2.45) is 0 Å². The molecule has 0 aliphatic rings. The Morgan fingerprint density at radius 2 is 2.15 bits per heavy atom. The van der Waals surface area contributed by atoms with Gasteiger partial charge in [-0.05, 0) is 19.8 Å². The number of ether oxygens (including phenoxy) is 1. The minimum Gasteiger partial charge on any atom is -0.463 e. The van der Waals surface area contributed by atoms with Crippen molar-refractivity contribution in [2.75, 3.05) is 6.61 Å². The molecule has 0 spiro atoms. The lowest BCUT2D eigenvalue weighted by Crippen LogP contribution is -2.01. The highest BCUT2D eigenvalue weighted by atomic mass is 16.5. The van der Waals surface area contributed by atoms with Gasteiger partial charge >= 0.3 is 5.97 Å². The van der Waals surface area contributed by atoms with E-state index in [4.69, 9.17) is 4.74 Å². The topological polar surface area (TPSA) is 26.3 Å². The van der Waals surface area contributed by atoms with Crippen molar-refractivity contribution in [3.63, 3.8) is 0 Å². The van der Waals surface area contributed by atoms with E-state index < -0.39 is 0 Å². The zero-order valence-corrected chi connectivity index (χ0v) is 8.45. The molecule has 0 saturated heterocycles. The van der Waals surface area contributed by atoms with Gasteiger partial charge in [0.15, 0.2) is 0 Å². The van der Waals surface area contributed by atoms with E-state index in [1.54, 1.807) is 6.08 Å². The molecule has 74 valence electrons. The second-order valence-corrected chi connectivity index (χ2v) is 2.73. The first-order chi connectivity index (χ1) is 6.31. The molecule has 13 heavy (non-hydrogen) atoms. The van der Waals surface area contributed by atoms with Crippen molar-refractivity contribution >= 4 is 5.97 Å². The Kier molecular flexibility index (Phi) is 8.31. The first-order valence-corrected chi connectivity index (χ1v) is 4.75. The van der Waals surface area contributed by atoms with Gasteiger partial charge in [0, 0.05) is 6.08 Å². The van der Waals surface area contributed by atoms with Gasteiger partial charge in [0.05, 0.1) is 6.61 Å². The molecular formula is C11H18O2. The summed E-state index contributed by atoms with van der Waals surface area (Å²) in [5.74, 6) is -0.238. The van der Waals surface area contributed by atoms with Crippen molar-refractivity contribution < 1.29 is 9.53 Å². The lowest BCUT2D eigenvalue weighted by molar-refractivity contribution is -0.137. The lowest BCUT2D eigenvalue weighted by Gasteiger charge is -1.98. The number of carbonyl (C=O) groups excluding carboxylic acids is 1. The molecule has 0 aliphatic heterocycles. The summed E-state index contributed by atoms with van der Waals surface area (Å²) in [6.45, 7) is 4.55. The lowest BCUT2D eigenvalue weighted by atomic mass is 10.3. The van der Waals surface area contributed by atoms with Crippen LogP contribution in [0.2, 0.25) is 0 Å². The molecular weight excluding hydrogens is 164 g/mol. The van der Waals surface area contributed by atoms with E-state index in [0.29, 0.717) is 6.61 Å². The Bertz CT molecular complexity index is 181. The first-order valence-electron chi connectivity index (χ1n) is 4.75. The molecule has 0 rings (SSSR count). The molecule has 0 amide bonds. The van der Waals surface area contributed by atoms with E-state index in [2.05, 4.69) is 6.92 Å². The van der Waals surface area contributed by atoms with Gasteiger partial charge in [-0.3, -0.25) is 0 Å². The normalized spacial score (nSPS) is 11.2. The molecule has 0 unspecified atom stereocenters. The van der Waals surface area contributed by atoms with Gasteiger partial charge in [0.2, 0.25) is 0 Å². The third-order valence-electron chi connectivity index (χ3n) is 1.50. The maximum atomic E-state index is 10.9. The molecule has 2 nitrogen and oxygen atoms in total. The highest BCUT2D eigenvalue weighted by Gasteiger charge is 1.93. The average molecular weight is 182 g/mol. The first kappa shape index (κ1) is 11.9. The fourth-order valence-corrected chi connectivity index (χ4v) is 0.744. The van der Waals surface area contributed by atoms with Gasteiger partial charge in [-0.1, -0.05) is 31.6 Å². The Balaban J connectivity index is 3.43. The molecule has 0 fully saturated rings. The quantitative estimate of drug-likeness (QED) is 0.273. The summed E-state index contributed by atoms with van der Waals surface area (Å²) in [4.78, 5) is 10.9. The van der Waals surface area contributed by atoms with Gasteiger partial charge in [0.25, 0.3) is 0 Å². The van der Waals surface area contributed by atoms with Crippen LogP contribution in [-0.2, 0) is 9.53 Å². The van der Waals surface area contributed by atoms with Crippen LogP contribution >= 0.6 is 0 Å². The average Bonchev–Trinajstić information content (AvgIpc) is 2.13. The number of allylic oxidation sites excluding steroid dienone is 3. The van der Waals surface area contributed by atoms with E-state index in [-0.39, 0.29) is 5.97 Å². The summed E-state index contributed by atoms with van der Waals surface area (Å²) in [6.07, 6.45) is 10.00. The number of unbranched alkanes of at least 4 members (excludes halogenated alkanes) is 1. The second kappa shape index (κ2) is 9.04. The maximum absolute atomic E-state index is 10.9. The van der Waals surface area contributed by atoms with Crippen LogP contribution in [-0.4, -0.2) is 12.6 Å². The largest absolute Gasteiger partial charge is 0.463 e. The molecule has 2 heteroatoms. The molecule has 0 aromatic heterocycles. The van der Waals surface area contributed by atoms with Crippen LogP contribution in [0, 0.1) is 0 Å². The molecule has 0 atom stereocenters. The number of carbonyl (C=O) groups is 1. The predicted molar refractivity (Wildman–Crippen MR) is 54.4 cm³/mol. The summed E-state index contributed by atoms with van der Waals surface area (Å²) < 4.78 is 4.91. The van der Waals surface area contributed by atoms with Crippen LogP contribution in [0.25, 0.3) is 0 Å². The molecule has 0 aromatic rings. The Hall–Kier alpha value is -1.05. The van der Waals surface area contributed by atoms with E-state index in [1.165, 1.54) is 6.08 Å². The second-order valence-electron chi connectivity index (χ2n) is 2.73. The van der Waals surface area contributed by atoms with Gasteiger partial charge in [-0.2, -0.15) is 0 Å². The Labute approximate surface area is 80.3 Å². The summed E-state index contributed by atoms with van der Waals surface area (Å²) in [5, 5.41) is 0. The monoisotopic (exact) mass is 182 g/mol. The van der Waals surface area contributed by atoms with Gasteiger partial charge in [-0.15, -0.1) is 0 Å². The van der Waals surface area contributed by atoms with E-state index in [9.17, 15) is 4.79 Å². The zero-order chi connectivity index (χ0) is 9.94. The zero-order valence-electron chi connectivity index (χ0n) is 8.45. The minimum absolute atomic E-state index is 0.238. The molecule has 0 bridgehead atoms. The molecule has 0 saturated carbocycles. The molecule has 0 radical (unpaired) electrons. The molecule has 0 heterocycles. The van der Waals surface area contributed by atoms with E-state index in [0.717, 1.165) is 19.3 Å². The van der Waals surface area contributed by atoms with Crippen LogP contribution < -0.4 is 0 Å². The van der Waals surface area contributed by atoms with Crippen LogP contribution in [0.5, 0.6) is 0 Å². The summed E-state index contributed by atoms with van der Waals surface area (Å²) in [7, 11) is 0. The third kappa shape index (κ3) is 8.86. The van der Waals surface area contributed by atoms with Crippen LogP contribution in [0.4, 0.5) is 0 Å². The van der Waals surface area contributed by atoms with Gasteiger partial charge in [-0.25, -0.2) is 4.79 Å². The number of rotatable bonds is 6. The summed E-state index contributed by atoms with van der Waals surface area (Å²) in [6, 6.07) is 0. The van der Waals surface area contributed by atoms with Crippen molar-refractivity contribution in [1.82, 2.24) is 0 Å². The fraction of sp³-hybridized carbons (Fsp3) is 0.545. The number of hydrogen-bond acceptors (Lipinski definition) is 2. The smallest absolute Gasteiger partial charge is 0.330 e. The minimum atomic E-state index is -0.238. The van der Waals surface area contributed by atoms with Crippen LogP contribution in [0.3, 0.4) is 0 Å². The number of esters is 1. The van der Waals surface area contributed by atoms with Crippen LogP contribution in [0.1, 0.15) is 33.1 Å². The molecule has 0 N–H and O–H groups in total. The maximum Gasteiger partial charge on any atom is 0.330 e. The van der Waals surface area contributed by atoms with Gasteiger partial charge < -0.3 is 4.74 Å². The van der Waals surface area contributed by atoms with E-state index >= 15 is 0 Å². The molecule has 0 aromatic carbocycles. The highest BCUT2D eigenvalue weighted by molar-refractivity contribution is 5.81.